The van der Waals surface area contributed by atoms with Crippen molar-refractivity contribution in [2.24, 2.45) is 5.10 Å². The van der Waals surface area contributed by atoms with Crippen LogP contribution in [0.3, 0.4) is 0 Å². The molecule has 2 aromatic heterocycles. The fraction of sp³-hybridized carbons (Fsp3) is 0.148. The van der Waals surface area contributed by atoms with Gasteiger partial charge in [-0.05, 0) is 72.2 Å². The summed E-state index contributed by atoms with van der Waals surface area (Å²) in [5, 5.41) is 5.89. The van der Waals surface area contributed by atoms with Crippen LogP contribution in [0.4, 0.5) is 0 Å². The zero-order valence-corrected chi connectivity index (χ0v) is 22.7. The number of rotatable bonds is 7. The number of para-hydroxylation sites is 1. The molecule has 0 aliphatic rings. The zero-order chi connectivity index (χ0) is 25.2. The van der Waals surface area contributed by atoms with Gasteiger partial charge in [0.2, 0.25) is 5.82 Å². The van der Waals surface area contributed by atoms with E-state index in [0.29, 0.717) is 58.3 Å². The van der Waals surface area contributed by atoms with E-state index in [9.17, 15) is 4.79 Å². The normalized spacial score (nSPS) is 11.6. The van der Waals surface area contributed by atoms with Crippen LogP contribution in [-0.2, 0) is 0 Å². The molecule has 0 N–H and O–H groups in total. The topological polar surface area (TPSA) is 78.8 Å². The van der Waals surface area contributed by atoms with E-state index in [2.05, 4.69) is 37.0 Å². The molecule has 7 nitrogen and oxygen atoms in total. The Morgan fingerprint density at radius 2 is 1.78 bits per heavy atom. The minimum absolute atomic E-state index is 0.297. The van der Waals surface area contributed by atoms with Crippen LogP contribution in [0.15, 0.2) is 83.9 Å². The molecular formula is C27H21Br2N3O4. The van der Waals surface area contributed by atoms with Gasteiger partial charge in [-0.25, -0.2) is 4.98 Å². The van der Waals surface area contributed by atoms with Crippen molar-refractivity contribution >= 4 is 59.9 Å². The maximum atomic E-state index is 13.5. The van der Waals surface area contributed by atoms with Crippen molar-refractivity contribution < 1.29 is 13.9 Å². The second-order valence-corrected chi connectivity index (χ2v) is 9.56. The van der Waals surface area contributed by atoms with Crippen molar-refractivity contribution in [2.75, 3.05) is 13.2 Å². The summed E-state index contributed by atoms with van der Waals surface area (Å²) >= 11 is 7.03. The number of ether oxygens (including phenoxy) is 2. The van der Waals surface area contributed by atoms with E-state index in [-0.39, 0.29) is 5.56 Å². The maximum absolute atomic E-state index is 13.5. The van der Waals surface area contributed by atoms with Gasteiger partial charge in [0.15, 0.2) is 5.76 Å². The minimum Gasteiger partial charge on any atom is -0.493 e. The van der Waals surface area contributed by atoms with Gasteiger partial charge in [-0.3, -0.25) is 4.79 Å². The molecule has 0 saturated carbocycles. The molecule has 3 aromatic carbocycles. The Balaban J connectivity index is 1.69. The zero-order valence-electron chi connectivity index (χ0n) is 19.5. The van der Waals surface area contributed by atoms with Crippen LogP contribution in [-0.4, -0.2) is 29.1 Å². The van der Waals surface area contributed by atoms with Crippen LogP contribution >= 0.6 is 31.9 Å². The summed E-state index contributed by atoms with van der Waals surface area (Å²) in [6.45, 7) is 4.80. The Labute approximate surface area is 223 Å². The van der Waals surface area contributed by atoms with Crippen LogP contribution < -0.4 is 15.0 Å². The second-order valence-electron chi connectivity index (χ2n) is 7.79. The van der Waals surface area contributed by atoms with Gasteiger partial charge in [0, 0.05) is 21.5 Å². The Hall–Kier alpha value is -3.43. The first-order chi connectivity index (χ1) is 17.5. The third kappa shape index (κ3) is 4.68. The average molecular weight is 611 g/mol. The largest absolute Gasteiger partial charge is 0.493 e. The lowest BCUT2D eigenvalue weighted by atomic mass is 10.2. The molecule has 36 heavy (non-hydrogen) atoms. The molecule has 0 radical (unpaired) electrons. The SMILES string of the molecule is CCOc1cc(OCC)c(C=Nn2c(-c3cc4cc(Br)ccc4o3)nc3ccccc3c2=O)cc1Br. The summed E-state index contributed by atoms with van der Waals surface area (Å²) in [5.41, 5.74) is 1.60. The summed E-state index contributed by atoms with van der Waals surface area (Å²) in [5.74, 6) is 1.98. The summed E-state index contributed by atoms with van der Waals surface area (Å²) in [6, 6.07) is 18.4. The van der Waals surface area contributed by atoms with Gasteiger partial charge in [-0.15, -0.1) is 0 Å². The van der Waals surface area contributed by atoms with E-state index in [0.717, 1.165) is 14.3 Å². The molecule has 0 bridgehead atoms. The first-order valence-electron chi connectivity index (χ1n) is 11.3. The molecule has 9 heteroatoms. The monoisotopic (exact) mass is 609 g/mol. The predicted octanol–water partition coefficient (Wildman–Crippen LogP) is 7.01. The number of hydrogen-bond donors (Lipinski definition) is 0. The molecule has 0 amide bonds. The molecule has 0 spiro atoms. The number of halogens is 2. The molecule has 5 rings (SSSR count). The highest BCUT2D eigenvalue weighted by Gasteiger charge is 2.17. The van der Waals surface area contributed by atoms with Crippen LogP contribution in [0.5, 0.6) is 11.5 Å². The van der Waals surface area contributed by atoms with Gasteiger partial charge in [-0.1, -0.05) is 28.1 Å². The lowest BCUT2D eigenvalue weighted by Gasteiger charge is -2.12. The van der Waals surface area contributed by atoms with E-state index in [4.69, 9.17) is 18.9 Å². The lowest BCUT2D eigenvalue weighted by molar-refractivity contribution is 0.321. The van der Waals surface area contributed by atoms with Crippen LogP contribution in [0.25, 0.3) is 33.5 Å². The van der Waals surface area contributed by atoms with Gasteiger partial charge in [0.05, 0.1) is 34.8 Å². The Morgan fingerprint density at radius 1 is 1.00 bits per heavy atom. The van der Waals surface area contributed by atoms with Crippen LogP contribution in [0.1, 0.15) is 19.4 Å². The van der Waals surface area contributed by atoms with Crippen molar-refractivity contribution in [2.45, 2.75) is 13.8 Å². The molecule has 0 aliphatic heterocycles. The molecule has 2 heterocycles. The fourth-order valence-corrected chi connectivity index (χ4v) is 4.69. The summed E-state index contributed by atoms with van der Waals surface area (Å²) < 4.78 is 20.5. The molecule has 0 atom stereocenters. The summed E-state index contributed by atoms with van der Waals surface area (Å²) in [4.78, 5) is 18.3. The van der Waals surface area contributed by atoms with Crippen molar-refractivity contribution in [3.63, 3.8) is 0 Å². The Bertz CT molecular complexity index is 1670. The lowest BCUT2D eigenvalue weighted by Crippen LogP contribution is -2.20. The predicted molar refractivity (Wildman–Crippen MR) is 148 cm³/mol. The highest BCUT2D eigenvalue weighted by molar-refractivity contribution is 9.10. The van der Waals surface area contributed by atoms with E-state index < -0.39 is 0 Å². The highest BCUT2D eigenvalue weighted by atomic mass is 79.9. The Morgan fingerprint density at radius 3 is 2.58 bits per heavy atom. The van der Waals surface area contributed by atoms with Gasteiger partial charge < -0.3 is 13.9 Å². The van der Waals surface area contributed by atoms with E-state index in [1.165, 1.54) is 4.68 Å². The number of hydrogen-bond acceptors (Lipinski definition) is 6. The standard InChI is InChI=1S/C27H21Br2N3O4/c1-3-34-23-14-24(35-4-2)20(29)12-17(23)15-30-32-26(31-21-8-6-5-7-19(21)27(32)33)25-13-16-11-18(28)9-10-22(16)36-25/h5-15H,3-4H2,1-2H3. The smallest absolute Gasteiger partial charge is 0.282 e. The van der Waals surface area contributed by atoms with E-state index >= 15 is 0 Å². The third-order valence-electron chi connectivity index (χ3n) is 5.43. The van der Waals surface area contributed by atoms with Gasteiger partial charge in [0.1, 0.15) is 17.1 Å². The van der Waals surface area contributed by atoms with Crippen molar-refractivity contribution in [1.82, 2.24) is 9.66 Å². The van der Waals surface area contributed by atoms with E-state index in [1.54, 1.807) is 30.5 Å². The number of aromatic nitrogens is 2. The minimum atomic E-state index is -0.309. The van der Waals surface area contributed by atoms with Crippen molar-refractivity contribution in [3.05, 3.63) is 85.5 Å². The number of nitrogens with zero attached hydrogens (tertiary/aromatic N) is 3. The van der Waals surface area contributed by atoms with Crippen LogP contribution in [0.2, 0.25) is 0 Å². The third-order valence-corrected chi connectivity index (χ3v) is 6.54. The van der Waals surface area contributed by atoms with Gasteiger partial charge >= 0.3 is 0 Å². The van der Waals surface area contributed by atoms with Crippen molar-refractivity contribution in [3.8, 4) is 23.1 Å². The first-order valence-corrected chi connectivity index (χ1v) is 12.9. The molecular weight excluding hydrogens is 590 g/mol. The molecule has 0 saturated heterocycles. The highest BCUT2D eigenvalue weighted by Crippen LogP contribution is 2.33. The quantitative estimate of drug-likeness (QED) is 0.185. The molecule has 0 fully saturated rings. The fourth-order valence-electron chi connectivity index (χ4n) is 3.83. The Kier molecular flexibility index (Phi) is 6.93. The average Bonchev–Trinajstić information content (AvgIpc) is 3.29. The molecule has 182 valence electrons. The molecule has 0 aliphatic carbocycles. The number of benzene rings is 3. The van der Waals surface area contributed by atoms with Crippen LogP contribution in [0, 0.1) is 0 Å². The summed E-state index contributed by atoms with van der Waals surface area (Å²) in [7, 11) is 0. The summed E-state index contributed by atoms with van der Waals surface area (Å²) in [6.07, 6.45) is 1.58. The molecule has 0 unspecified atom stereocenters. The number of furan rings is 1. The van der Waals surface area contributed by atoms with Crippen molar-refractivity contribution in [1.29, 1.82) is 0 Å². The first kappa shape index (κ1) is 24.3. The molecule has 5 aromatic rings. The van der Waals surface area contributed by atoms with Gasteiger partial charge in [0.25, 0.3) is 5.56 Å². The number of fused-ring (bicyclic) bond motifs is 2. The maximum Gasteiger partial charge on any atom is 0.282 e. The second kappa shape index (κ2) is 10.3. The van der Waals surface area contributed by atoms with Gasteiger partial charge in [-0.2, -0.15) is 9.78 Å². The van der Waals surface area contributed by atoms with E-state index in [1.807, 2.05) is 50.2 Å².